The SMILES string of the molecule is CC1(C)c2ccccc2-c2cc3ccc4c(-c5cc(-c6ccccc6)nc(-c6ccc(-c7ccncc7)cc6)n5)cccc4c3cc21. The van der Waals surface area contributed by atoms with Gasteiger partial charge in [0.1, 0.15) is 0 Å². The number of nitrogens with zero attached hydrogens (tertiary/aromatic N) is 3. The molecular formula is C44H31N3. The summed E-state index contributed by atoms with van der Waals surface area (Å²) in [7, 11) is 0. The average Bonchev–Trinajstić information content (AvgIpc) is 3.36. The Hall–Kier alpha value is -5.93. The van der Waals surface area contributed by atoms with E-state index in [1.165, 1.54) is 43.8 Å². The van der Waals surface area contributed by atoms with Crippen molar-refractivity contribution in [3.8, 4) is 56.2 Å². The third-order valence-corrected chi connectivity index (χ3v) is 9.81. The van der Waals surface area contributed by atoms with Gasteiger partial charge in [-0.05, 0) is 85.3 Å². The van der Waals surface area contributed by atoms with Crippen molar-refractivity contribution in [3.05, 3.63) is 163 Å². The summed E-state index contributed by atoms with van der Waals surface area (Å²) in [4.78, 5) is 14.5. The van der Waals surface area contributed by atoms with Crippen LogP contribution in [0.25, 0.3) is 77.7 Å². The average molecular weight is 602 g/mol. The Morgan fingerprint density at radius 3 is 1.96 bits per heavy atom. The molecule has 0 spiro atoms. The van der Waals surface area contributed by atoms with Crippen molar-refractivity contribution in [1.82, 2.24) is 15.0 Å². The van der Waals surface area contributed by atoms with Crippen LogP contribution in [0.5, 0.6) is 0 Å². The van der Waals surface area contributed by atoms with Crippen molar-refractivity contribution in [1.29, 1.82) is 0 Å². The second-order valence-corrected chi connectivity index (χ2v) is 12.9. The number of benzene rings is 6. The molecule has 47 heavy (non-hydrogen) atoms. The Balaban J connectivity index is 1.22. The van der Waals surface area contributed by atoms with Crippen molar-refractivity contribution >= 4 is 21.5 Å². The van der Waals surface area contributed by atoms with Gasteiger partial charge in [0.05, 0.1) is 11.4 Å². The normalized spacial score (nSPS) is 13.1. The summed E-state index contributed by atoms with van der Waals surface area (Å²) < 4.78 is 0. The monoisotopic (exact) mass is 601 g/mol. The van der Waals surface area contributed by atoms with Gasteiger partial charge in [0.2, 0.25) is 0 Å². The first-order valence-electron chi connectivity index (χ1n) is 16.1. The molecule has 3 nitrogen and oxygen atoms in total. The highest BCUT2D eigenvalue weighted by Crippen LogP contribution is 2.50. The number of hydrogen-bond acceptors (Lipinski definition) is 3. The molecule has 0 radical (unpaired) electrons. The molecule has 2 aromatic heterocycles. The lowest BCUT2D eigenvalue weighted by atomic mass is 9.81. The Morgan fingerprint density at radius 1 is 0.426 bits per heavy atom. The second kappa shape index (κ2) is 10.6. The Morgan fingerprint density at radius 2 is 1.13 bits per heavy atom. The Labute approximate surface area is 274 Å². The Bertz CT molecular complexity index is 2460. The van der Waals surface area contributed by atoms with Crippen LogP contribution < -0.4 is 0 Å². The molecule has 0 atom stereocenters. The number of pyridine rings is 1. The molecule has 0 N–H and O–H groups in total. The molecule has 0 bridgehead atoms. The molecule has 9 rings (SSSR count). The lowest BCUT2D eigenvalue weighted by Crippen LogP contribution is -2.14. The molecule has 0 fully saturated rings. The molecule has 3 heteroatoms. The molecule has 1 aliphatic carbocycles. The first-order chi connectivity index (χ1) is 23.0. The fraction of sp³-hybridized carbons (Fsp3) is 0.0682. The smallest absolute Gasteiger partial charge is 0.160 e. The third kappa shape index (κ3) is 4.46. The predicted molar refractivity (Wildman–Crippen MR) is 194 cm³/mol. The molecule has 0 saturated carbocycles. The van der Waals surface area contributed by atoms with Crippen LogP contribution in [0.15, 0.2) is 152 Å². The molecule has 0 amide bonds. The van der Waals surface area contributed by atoms with Gasteiger partial charge < -0.3 is 0 Å². The minimum atomic E-state index is -0.0566. The minimum Gasteiger partial charge on any atom is -0.265 e. The summed E-state index contributed by atoms with van der Waals surface area (Å²) in [6.45, 7) is 4.69. The second-order valence-electron chi connectivity index (χ2n) is 12.9. The van der Waals surface area contributed by atoms with Gasteiger partial charge in [-0.3, -0.25) is 4.98 Å². The first kappa shape index (κ1) is 27.4. The zero-order chi connectivity index (χ0) is 31.5. The van der Waals surface area contributed by atoms with Crippen LogP contribution >= 0.6 is 0 Å². The number of aromatic nitrogens is 3. The maximum absolute atomic E-state index is 5.22. The van der Waals surface area contributed by atoms with E-state index in [0.29, 0.717) is 5.82 Å². The standard InChI is InChI=1S/C44H31N3/c1-44(2)39-14-7-6-11-35(39)38-25-32-19-20-34-33(37(32)26-40(38)44)12-8-13-36(34)42-27-41(30-9-4-3-5-10-30)46-43(47-42)31-17-15-28(16-18-31)29-21-23-45-24-22-29/h3-27H,1-2H3. The van der Waals surface area contributed by atoms with Gasteiger partial charge in [0, 0.05) is 34.5 Å². The molecule has 0 saturated heterocycles. The number of fused-ring (bicyclic) bond motifs is 6. The lowest BCUT2D eigenvalue weighted by molar-refractivity contribution is 0.661. The largest absolute Gasteiger partial charge is 0.265 e. The van der Waals surface area contributed by atoms with E-state index in [9.17, 15) is 0 Å². The van der Waals surface area contributed by atoms with E-state index >= 15 is 0 Å². The van der Waals surface area contributed by atoms with Crippen LogP contribution in [0, 0.1) is 0 Å². The van der Waals surface area contributed by atoms with Crippen LogP contribution in [-0.4, -0.2) is 15.0 Å². The number of rotatable bonds is 4. The minimum absolute atomic E-state index is 0.0566. The van der Waals surface area contributed by atoms with Gasteiger partial charge in [-0.2, -0.15) is 0 Å². The summed E-state index contributed by atoms with van der Waals surface area (Å²) in [5.41, 5.74) is 12.6. The molecule has 8 aromatic rings. The molecule has 0 aliphatic heterocycles. The topological polar surface area (TPSA) is 38.7 Å². The Kier molecular flexibility index (Phi) is 6.16. The van der Waals surface area contributed by atoms with Crippen LogP contribution in [0.4, 0.5) is 0 Å². The highest BCUT2D eigenvalue weighted by Gasteiger charge is 2.35. The van der Waals surface area contributed by atoms with Crippen molar-refractivity contribution in [2.45, 2.75) is 19.3 Å². The van der Waals surface area contributed by atoms with Gasteiger partial charge in [0.25, 0.3) is 0 Å². The zero-order valence-electron chi connectivity index (χ0n) is 26.3. The maximum Gasteiger partial charge on any atom is 0.160 e. The molecule has 2 heterocycles. The van der Waals surface area contributed by atoms with E-state index in [0.717, 1.165) is 39.2 Å². The van der Waals surface area contributed by atoms with E-state index in [1.807, 2.05) is 30.6 Å². The summed E-state index contributed by atoms with van der Waals surface area (Å²) >= 11 is 0. The van der Waals surface area contributed by atoms with Crippen LogP contribution in [-0.2, 0) is 5.41 Å². The zero-order valence-corrected chi connectivity index (χ0v) is 26.3. The van der Waals surface area contributed by atoms with Crippen molar-refractivity contribution in [2.24, 2.45) is 0 Å². The van der Waals surface area contributed by atoms with Crippen molar-refractivity contribution in [2.75, 3.05) is 0 Å². The van der Waals surface area contributed by atoms with E-state index < -0.39 is 0 Å². The summed E-state index contributed by atoms with van der Waals surface area (Å²) in [5, 5.41) is 4.94. The van der Waals surface area contributed by atoms with E-state index in [1.54, 1.807) is 0 Å². The molecule has 6 aromatic carbocycles. The van der Waals surface area contributed by atoms with Crippen LogP contribution in [0.1, 0.15) is 25.0 Å². The molecule has 1 aliphatic rings. The summed E-state index contributed by atoms with van der Waals surface area (Å²) in [6, 6.07) is 49.8. The van der Waals surface area contributed by atoms with Gasteiger partial charge in [0.15, 0.2) is 5.82 Å². The third-order valence-electron chi connectivity index (χ3n) is 9.81. The number of hydrogen-bond donors (Lipinski definition) is 0. The fourth-order valence-corrected chi connectivity index (χ4v) is 7.34. The fourth-order valence-electron chi connectivity index (χ4n) is 7.34. The van der Waals surface area contributed by atoms with E-state index in [4.69, 9.17) is 9.97 Å². The van der Waals surface area contributed by atoms with Gasteiger partial charge in [-0.1, -0.05) is 123 Å². The van der Waals surface area contributed by atoms with Crippen LogP contribution in [0.2, 0.25) is 0 Å². The first-order valence-corrected chi connectivity index (χ1v) is 16.1. The summed E-state index contributed by atoms with van der Waals surface area (Å²) in [5.74, 6) is 0.706. The quantitative estimate of drug-likeness (QED) is 0.188. The van der Waals surface area contributed by atoms with Gasteiger partial charge in [-0.15, -0.1) is 0 Å². The van der Waals surface area contributed by atoms with Crippen molar-refractivity contribution in [3.63, 3.8) is 0 Å². The lowest BCUT2D eigenvalue weighted by Gasteiger charge is -2.22. The highest BCUT2D eigenvalue weighted by atomic mass is 14.9. The maximum atomic E-state index is 5.22. The molecular weight excluding hydrogens is 571 g/mol. The van der Waals surface area contributed by atoms with Crippen LogP contribution in [0.3, 0.4) is 0 Å². The van der Waals surface area contributed by atoms with Gasteiger partial charge >= 0.3 is 0 Å². The highest BCUT2D eigenvalue weighted by molar-refractivity contribution is 6.13. The molecule has 222 valence electrons. The van der Waals surface area contributed by atoms with Gasteiger partial charge in [-0.25, -0.2) is 9.97 Å². The molecule has 0 unspecified atom stereocenters. The predicted octanol–water partition coefficient (Wildman–Crippen LogP) is 11.2. The van der Waals surface area contributed by atoms with E-state index in [-0.39, 0.29) is 5.41 Å². The van der Waals surface area contributed by atoms with E-state index in [2.05, 4.69) is 140 Å². The van der Waals surface area contributed by atoms with Crippen molar-refractivity contribution < 1.29 is 0 Å². The summed E-state index contributed by atoms with van der Waals surface area (Å²) in [6.07, 6.45) is 3.64.